The van der Waals surface area contributed by atoms with E-state index in [1.165, 1.54) is 16.5 Å². The van der Waals surface area contributed by atoms with Gasteiger partial charge in [0.1, 0.15) is 0 Å². The molecule has 0 bridgehead atoms. The molecule has 2 aromatic rings. The number of rotatable bonds is 3. The van der Waals surface area contributed by atoms with Crippen molar-refractivity contribution in [3.63, 3.8) is 0 Å². The molecule has 0 aliphatic carbocycles. The van der Waals surface area contributed by atoms with Crippen molar-refractivity contribution in [2.75, 3.05) is 6.54 Å². The average Bonchev–Trinajstić information content (AvgIpc) is 2.28. The van der Waals surface area contributed by atoms with E-state index >= 15 is 0 Å². The Kier molecular flexibility index (Phi) is 3.43. The molecule has 0 saturated carbocycles. The molecule has 0 fully saturated rings. The maximum Gasteiger partial charge on any atom is 0.0710 e. The van der Waals surface area contributed by atoms with Gasteiger partial charge in [0, 0.05) is 11.1 Å². The Labute approximate surface area is 103 Å². The Morgan fingerprint density at radius 1 is 1.24 bits per heavy atom. The topological polar surface area (TPSA) is 38.9 Å². The molecule has 2 nitrogen and oxygen atoms in total. The van der Waals surface area contributed by atoms with Gasteiger partial charge in [-0.05, 0) is 56.0 Å². The van der Waals surface area contributed by atoms with Crippen LogP contribution >= 0.6 is 0 Å². The molecule has 0 saturated heterocycles. The zero-order chi connectivity index (χ0) is 12.4. The highest BCUT2D eigenvalue weighted by atomic mass is 14.7. The number of fused-ring (bicyclic) bond motifs is 1. The monoisotopic (exact) mass is 228 g/mol. The van der Waals surface area contributed by atoms with Crippen molar-refractivity contribution in [3.8, 4) is 0 Å². The number of hydrogen-bond acceptors (Lipinski definition) is 2. The largest absolute Gasteiger partial charge is 0.330 e. The second-order valence-corrected chi connectivity index (χ2v) is 4.98. The Bertz CT molecular complexity index is 532. The van der Waals surface area contributed by atoms with Crippen molar-refractivity contribution in [1.82, 2.24) is 4.98 Å². The molecule has 1 unspecified atom stereocenters. The summed E-state index contributed by atoms with van der Waals surface area (Å²) in [7, 11) is 0. The van der Waals surface area contributed by atoms with E-state index in [2.05, 4.69) is 43.1 Å². The van der Waals surface area contributed by atoms with Crippen LogP contribution in [0.5, 0.6) is 0 Å². The maximum absolute atomic E-state index is 5.67. The number of hydrogen-bond donors (Lipinski definition) is 1. The first kappa shape index (κ1) is 12.1. The van der Waals surface area contributed by atoms with Crippen molar-refractivity contribution < 1.29 is 0 Å². The predicted molar refractivity (Wildman–Crippen MR) is 73.1 cm³/mol. The van der Waals surface area contributed by atoms with Gasteiger partial charge in [-0.25, -0.2) is 0 Å². The second-order valence-electron chi connectivity index (χ2n) is 4.98. The normalized spacial score (nSPS) is 12.9. The number of nitrogens with zero attached hydrogens (tertiary/aromatic N) is 1. The first-order valence-electron chi connectivity index (χ1n) is 6.17. The summed E-state index contributed by atoms with van der Waals surface area (Å²) in [6.45, 7) is 7.10. The van der Waals surface area contributed by atoms with E-state index in [0.717, 1.165) is 24.2 Å². The number of nitrogens with two attached hydrogens (primary N) is 1. The predicted octanol–water partition coefficient (Wildman–Crippen LogP) is 2.99. The number of aryl methyl sites for hydroxylation is 2. The van der Waals surface area contributed by atoms with Gasteiger partial charge in [0.25, 0.3) is 0 Å². The highest BCUT2D eigenvalue weighted by Crippen LogP contribution is 2.20. The lowest BCUT2D eigenvalue weighted by atomic mass is 9.99. The molecule has 1 aromatic carbocycles. The molecular formula is C15H20N2. The van der Waals surface area contributed by atoms with Crippen molar-refractivity contribution >= 4 is 10.9 Å². The number of aromatic nitrogens is 1. The van der Waals surface area contributed by atoms with E-state index in [-0.39, 0.29) is 0 Å². The summed E-state index contributed by atoms with van der Waals surface area (Å²) in [4.78, 5) is 4.60. The van der Waals surface area contributed by atoms with E-state index < -0.39 is 0 Å². The smallest absolute Gasteiger partial charge is 0.0710 e. The molecule has 1 heterocycles. The van der Waals surface area contributed by atoms with Gasteiger partial charge in [0.05, 0.1) is 5.52 Å². The molecule has 0 radical (unpaired) electrons. The molecule has 2 rings (SSSR count). The van der Waals surface area contributed by atoms with Gasteiger partial charge in [-0.3, -0.25) is 4.98 Å². The first-order valence-corrected chi connectivity index (χ1v) is 6.17. The SMILES string of the molecule is Cc1cc(C)c2ccc(CC(C)CN)cc2n1. The third-order valence-corrected chi connectivity index (χ3v) is 3.20. The third-order valence-electron chi connectivity index (χ3n) is 3.20. The van der Waals surface area contributed by atoms with Gasteiger partial charge < -0.3 is 5.73 Å². The molecule has 2 N–H and O–H groups in total. The fourth-order valence-corrected chi connectivity index (χ4v) is 2.23. The maximum atomic E-state index is 5.67. The Morgan fingerprint density at radius 2 is 2.00 bits per heavy atom. The van der Waals surface area contributed by atoms with Gasteiger partial charge in [-0.1, -0.05) is 19.1 Å². The molecular weight excluding hydrogens is 208 g/mol. The van der Waals surface area contributed by atoms with Gasteiger partial charge in [-0.15, -0.1) is 0 Å². The fourth-order valence-electron chi connectivity index (χ4n) is 2.23. The number of pyridine rings is 1. The summed E-state index contributed by atoms with van der Waals surface area (Å²) >= 11 is 0. The summed E-state index contributed by atoms with van der Waals surface area (Å²) in [6, 6.07) is 8.69. The van der Waals surface area contributed by atoms with Crippen LogP contribution in [0, 0.1) is 19.8 Å². The second kappa shape index (κ2) is 4.84. The van der Waals surface area contributed by atoms with E-state index in [0.29, 0.717) is 5.92 Å². The van der Waals surface area contributed by atoms with Crippen LogP contribution in [-0.4, -0.2) is 11.5 Å². The van der Waals surface area contributed by atoms with Crippen LogP contribution in [0.2, 0.25) is 0 Å². The highest BCUT2D eigenvalue weighted by Gasteiger charge is 2.05. The van der Waals surface area contributed by atoms with Gasteiger partial charge in [-0.2, -0.15) is 0 Å². The minimum atomic E-state index is 0.526. The minimum Gasteiger partial charge on any atom is -0.330 e. The van der Waals surface area contributed by atoms with Crippen LogP contribution in [0.3, 0.4) is 0 Å². The molecule has 1 aromatic heterocycles. The van der Waals surface area contributed by atoms with Gasteiger partial charge >= 0.3 is 0 Å². The third kappa shape index (κ3) is 2.64. The molecule has 0 aliphatic rings. The van der Waals surface area contributed by atoms with Crippen molar-refractivity contribution in [2.45, 2.75) is 27.2 Å². The van der Waals surface area contributed by atoms with Crippen LogP contribution in [0.1, 0.15) is 23.7 Å². The summed E-state index contributed by atoms with van der Waals surface area (Å²) in [5.41, 5.74) is 10.5. The van der Waals surface area contributed by atoms with E-state index in [4.69, 9.17) is 5.73 Å². The van der Waals surface area contributed by atoms with Crippen molar-refractivity contribution in [3.05, 3.63) is 41.1 Å². The summed E-state index contributed by atoms with van der Waals surface area (Å²) in [5.74, 6) is 0.526. The van der Waals surface area contributed by atoms with Crippen LogP contribution in [0.15, 0.2) is 24.3 Å². The average molecular weight is 228 g/mol. The summed E-state index contributed by atoms with van der Waals surface area (Å²) in [6.07, 6.45) is 1.03. The Morgan fingerprint density at radius 3 is 2.71 bits per heavy atom. The van der Waals surface area contributed by atoms with Crippen molar-refractivity contribution in [2.24, 2.45) is 11.7 Å². The van der Waals surface area contributed by atoms with Crippen molar-refractivity contribution in [1.29, 1.82) is 0 Å². The van der Waals surface area contributed by atoms with Crippen LogP contribution in [0.4, 0.5) is 0 Å². The quantitative estimate of drug-likeness (QED) is 0.877. The zero-order valence-electron chi connectivity index (χ0n) is 10.8. The molecule has 0 aliphatic heterocycles. The lowest BCUT2D eigenvalue weighted by Gasteiger charge is -2.10. The number of benzene rings is 1. The van der Waals surface area contributed by atoms with E-state index in [1.807, 2.05) is 6.92 Å². The Hall–Kier alpha value is -1.41. The lowest BCUT2D eigenvalue weighted by molar-refractivity contribution is 0.593. The van der Waals surface area contributed by atoms with Gasteiger partial charge in [0.2, 0.25) is 0 Å². The standard InChI is InChI=1S/C15H20N2/c1-10(9-16)6-13-4-5-14-11(2)7-12(3)17-15(14)8-13/h4-5,7-8,10H,6,9,16H2,1-3H3. The Balaban J connectivity index is 2.43. The molecule has 1 atom stereocenters. The molecule has 90 valence electrons. The molecule has 2 heteroatoms. The molecule has 0 amide bonds. The first-order chi connectivity index (χ1) is 8.10. The zero-order valence-corrected chi connectivity index (χ0v) is 10.8. The van der Waals surface area contributed by atoms with E-state index in [1.54, 1.807) is 0 Å². The fraction of sp³-hybridized carbons (Fsp3) is 0.400. The minimum absolute atomic E-state index is 0.526. The highest BCUT2D eigenvalue weighted by molar-refractivity contribution is 5.82. The molecule has 17 heavy (non-hydrogen) atoms. The summed E-state index contributed by atoms with van der Waals surface area (Å²) < 4.78 is 0. The van der Waals surface area contributed by atoms with Crippen LogP contribution in [0.25, 0.3) is 10.9 Å². The van der Waals surface area contributed by atoms with Crippen LogP contribution in [-0.2, 0) is 6.42 Å². The summed E-state index contributed by atoms with van der Waals surface area (Å²) in [5, 5.41) is 1.25. The van der Waals surface area contributed by atoms with E-state index in [9.17, 15) is 0 Å². The molecule has 0 spiro atoms. The van der Waals surface area contributed by atoms with Crippen LogP contribution < -0.4 is 5.73 Å². The van der Waals surface area contributed by atoms with Gasteiger partial charge in [0.15, 0.2) is 0 Å². The lowest BCUT2D eigenvalue weighted by Crippen LogP contribution is -2.13.